The number of guanidine groups is 1. The van der Waals surface area contributed by atoms with Crippen LogP contribution in [0.25, 0.3) is 0 Å². The Labute approximate surface area is 184 Å². The van der Waals surface area contributed by atoms with E-state index in [1.807, 2.05) is 43.3 Å². The van der Waals surface area contributed by atoms with E-state index in [4.69, 9.17) is 9.47 Å². The van der Waals surface area contributed by atoms with E-state index in [2.05, 4.69) is 27.5 Å². The Morgan fingerprint density at radius 1 is 1.19 bits per heavy atom. The van der Waals surface area contributed by atoms with Crippen LogP contribution in [0.2, 0.25) is 0 Å². The van der Waals surface area contributed by atoms with E-state index < -0.39 is 9.84 Å². The molecule has 2 N–H and O–H groups in total. The van der Waals surface area contributed by atoms with Crippen LogP contribution in [0.5, 0.6) is 17.4 Å². The molecule has 1 aliphatic rings. The summed E-state index contributed by atoms with van der Waals surface area (Å²) in [4.78, 5) is 8.95. The molecular weight excluding hydrogens is 416 g/mol. The summed E-state index contributed by atoms with van der Waals surface area (Å²) in [5.41, 5.74) is 0.824. The van der Waals surface area contributed by atoms with Crippen molar-refractivity contribution >= 4 is 15.8 Å². The van der Waals surface area contributed by atoms with Crippen molar-refractivity contribution in [2.75, 3.05) is 24.7 Å². The number of hydrogen-bond acceptors (Lipinski definition) is 6. The summed E-state index contributed by atoms with van der Waals surface area (Å²) >= 11 is 0. The fraction of sp³-hybridized carbons (Fsp3) is 0.455. The van der Waals surface area contributed by atoms with E-state index in [1.54, 1.807) is 6.20 Å². The number of ether oxygens (including phenoxy) is 2. The molecule has 1 aromatic carbocycles. The zero-order chi connectivity index (χ0) is 22.1. The highest BCUT2D eigenvalue weighted by Crippen LogP contribution is 2.25. The molecule has 8 nitrogen and oxygen atoms in total. The van der Waals surface area contributed by atoms with Crippen LogP contribution in [0.4, 0.5) is 0 Å². The second kappa shape index (κ2) is 11.0. The van der Waals surface area contributed by atoms with Crippen LogP contribution in [-0.2, 0) is 16.4 Å². The van der Waals surface area contributed by atoms with Gasteiger partial charge in [-0.3, -0.25) is 0 Å². The third-order valence-corrected chi connectivity index (χ3v) is 6.45. The number of nitrogens with zero attached hydrogens (tertiary/aromatic N) is 2. The molecule has 1 fully saturated rings. The maximum Gasteiger partial charge on any atom is 0.224 e. The summed E-state index contributed by atoms with van der Waals surface area (Å²) in [6, 6.07) is 11.1. The molecule has 1 saturated heterocycles. The topological polar surface area (TPSA) is 102 Å². The van der Waals surface area contributed by atoms with Gasteiger partial charge in [-0.1, -0.05) is 13.0 Å². The van der Waals surface area contributed by atoms with Gasteiger partial charge in [0.05, 0.1) is 24.7 Å². The Balaban J connectivity index is 1.67. The molecular formula is C22H30N4O4S. The Morgan fingerprint density at radius 2 is 1.97 bits per heavy atom. The molecule has 9 heteroatoms. The number of nitrogens with one attached hydrogen (secondary N) is 2. The molecule has 0 aliphatic carbocycles. The lowest BCUT2D eigenvalue weighted by Gasteiger charge is -2.16. The van der Waals surface area contributed by atoms with E-state index in [-0.39, 0.29) is 17.5 Å². The average Bonchev–Trinajstić information content (AvgIpc) is 3.10. The quantitative estimate of drug-likeness (QED) is 0.451. The summed E-state index contributed by atoms with van der Waals surface area (Å²) < 4.78 is 35.0. The number of rotatable bonds is 9. The lowest BCUT2D eigenvalue weighted by atomic mass is 10.2. The molecule has 2 aromatic rings. The van der Waals surface area contributed by atoms with Crippen molar-refractivity contribution in [3.63, 3.8) is 0 Å². The molecule has 31 heavy (non-hydrogen) atoms. The van der Waals surface area contributed by atoms with Crippen molar-refractivity contribution in [3.8, 4) is 17.4 Å². The second-order valence-corrected chi connectivity index (χ2v) is 9.56. The monoisotopic (exact) mass is 446 g/mol. The number of sulfone groups is 1. The van der Waals surface area contributed by atoms with E-state index in [0.717, 1.165) is 17.7 Å². The van der Waals surface area contributed by atoms with Crippen LogP contribution < -0.4 is 20.1 Å². The van der Waals surface area contributed by atoms with Crippen LogP contribution in [0.3, 0.4) is 0 Å². The molecule has 0 amide bonds. The van der Waals surface area contributed by atoms with E-state index >= 15 is 0 Å². The summed E-state index contributed by atoms with van der Waals surface area (Å²) in [5.74, 6) is 2.87. The zero-order valence-corrected chi connectivity index (χ0v) is 18.8. The predicted molar refractivity (Wildman–Crippen MR) is 122 cm³/mol. The fourth-order valence-electron chi connectivity index (χ4n) is 3.16. The third-order valence-electron chi connectivity index (χ3n) is 4.69. The minimum absolute atomic E-state index is 0.124. The predicted octanol–water partition coefficient (Wildman–Crippen LogP) is 2.90. The minimum Gasteiger partial charge on any atom is -0.494 e. The standard InChI is InChI=1S/C22H30N4O4S/c1-3-13-29-19-7-9-20(10-8-19)30-21-17(6-5-12-24-21)15-25-22(23-4-2)26-18-11-14-31(27,28)16-18/h5-10,12,18H,3-4,11,13-16H2,1-2H3,(H2,23,25,26). The molecule has 0 bridgehead atoms. The van der Waals surface area contributed by atoms with Gasteiger partial charge in [-0.2, -0.15) is 0 Å². The molecule has 0 saturated carbocycles. The van der Waals surface area contributed by atoms with Crippen molar-refractivity contribution in [2.24, 2.45) is 4.99 Å². The van der Waals surface area contributed by atoms with Gasteiger partial charge in [-0.25, -0.2) is 18.4 Å². The Hall–Kier alpha value is -2.81. The van der Waals surface area contributed by atoms with E-state index in [0.29, 0.717) is 43.7 Å². The molecule has 2 heterocycles. The van der Waals surface area contributed by atoms with Gasteiger partial charge in [-0.05, 0) is 50.1 Å². The van der Waals surface area contributed by atoms with E-state index in [1.165, 1.54) is 0 Å². The third kappa shape index (κ3) is 7.13. The first kappa shape index (κ1) is 22.9. The fourth-order valence-corrected chi connectivity index (χ4v) is 4.83. The van der Waals surface area contributed by atoms with Crippen LogP contribution in [0.15, 0.2) is 47.6 Å². The second-order valence-electron chi connectivity index (χ2n) is 7.33. The van der Waals surface area contributed by atoms with Crippen molar-refractivity contribution in [1.29, 1.82) is 0 Å². The first-order valence-electron chi connectivity index (χ1n) is 10.6. The lowest BCUT2D eigenvalue weighted by Crippen LogP contribution is -2.44. The summed E-state index contributed by atoms with van der Waals surface area (Å²) in [5, 5.41) is 6.39. The number of benzene rings is 1. The van der Waals surface area contributed by atoms with Gasteiger partial charge in [-0.15, -0.1) is 0 Å². The van der Waals surface area contributed by atoms with Crippen molar-refractivity contribution < 1.29 is 17.9 Å². The van der Waals surface area contributed by atoms with Gasteiger partial charge in [0, 0.05) is 24.3 Å². The Kier molecular flexibility index (Phi) is 8.11. The number of aromatic nitrogens is 1. The van der Waals surface area contributed by atoms with E-state index in [9.17, 15) is 8.42 Å². The first-order valence-corrected chi connectivity index (χ1v) is 12.4. The summed E-state index contributed by atoms with van der Waals surface area (Å²) in [7, 11) is -2.96. The minimum atomic E-state index is -2.96. The molecule has 3 rings (SSSR count). The highest BCUT2D eigenvalue weighted by atomic mass is 32.2. The Bertz CT molecular complexity index is 977. The average molecular weight is 447 g/mol. The zero-order valence-electron chi connectivity index (χ0n) is 18.0. The lowest BCUT2D eigenvalue weighted by molar-refractivity contribution is 0.317. The number of aliphatic imine (C=N–C) groups is 1. The highest BCUT2D eigenvalue weighted by Gasteiger charge is 2.28. The van der Waals surface area contributed by atoms with Crippen LogP contribution in [-0.4, -0.2) is 50.1 Å². The van der Waals surface area contributed by atoms with Crippen molar-refractivity contribution in [2.45, 2.75) is 39.3 Å². The molecule has 1 aliphatic heterocycles. The van der Waals surface area contributed by atoms with Gasteiger partial charge in [0.15, 0.2) is 15.8 Å². The molecule has 1 aromatic heterocycles. The van der Waals surface area contributed by atoms with Gasteiger partial charge < -0.3 is 20.1 Å². The van der Waals surface area contributed by atoms with Gasteiger partial charge in [0.1, 0.15) is 11.5 Å². The number of pyridine rings is 1. The van der Waals surface area contributed by atoms with Crippen LogP contribution in [0, 0.1) is 0 Å². The largest absolute Gasteiger partial charge is 0.494 e. The molecule has 0 radical (unpaired) electrons. The maximum absolute atomic E-state index is 11.7. The van der Waals surface area contributed by atoms with Crippen molar-refractivity contribution in [1.82, 2.24) is 15.6 Å². The molecule has 0 spiro atoms. The smallest absolute Gasteiger partial charge is 0.224 e. The SMILES string of the molecule is CCCOc1ccc(Oc2ncccc2CN=C(NCC)NC2CCS(=O)(=O)C2)cc1. The normalized spacial score (nSPS) is 17.9. The highest BCUT2D eigenvalue weighted by molar-refractivity contribution is 7.91. The maximum atomic E-state index is 11.7. The molecule has 1 unspecified atom stereocenters. The number of hydrogen-bond donors (Lipinski definition) is 2. The summed E-state index contributed by atoms with van der Waals surface area (Å²) in [6.45, 7) is 5.73. The first-order chi connectivity index (χ1) is 15.0. The molecule has 1 atom stereocenters. The van der Waals surface area contributed by atoms with Gasteiger partial charge in [0.2, 0.25) is 5.88 Å². The Morgan fingerprint density at radius 3 is 2.65 bits per heavy atom. The van der Waals surface area contributed by atoms with Gasteiger partial charge >= 0.3 is 0 Å². The van der Waals surface area contributed by atoms with Crippen molar-refractivity contribution in [3.05, 3.63) is 48.2 Å². The van der Waals surface area contributed by atoms with Crippen LogP contribution in [0.1, 0.15) is 32.3 Å². The summed E-state index contributed by atoms with van der Waals surface area (Å²) in [6.07, 6.45) is 3.22. The van der Waals surface area contributed by atoms with Crippen LogP contribution >= 0.6 is 0 Å². The van der Waals surface area contributed by atoms with Gasteiger partial charge in [0.25, 0.3) is 0 Å². The molecule has 168 valence electrons.